The Kier molecular flexibility index (Phi) is 11.6. The number of ether oxygens (including phenoxy) is 2. The van der Waals surface area contributed by atoms with Crippen molar-refractivity contribution in [3.8, 4) is 11.1 Å². The van der Waals surface area contributed by atoms with Crippen LogP contribution in [0.2, 0.25) is 5.02 Å². The van der Waals surface area contributed by atoms with Gasteiger partial charge >= 0.3 is 5.97 Å². The van der Waals surface area contributed by atoms with E-state index in [0.717, 1.165) is 50.8 Å². The molecule has 0 spiro atoms. The van der Waals surface area contributed by atoms with E-state index in [-0.39, 0.29) is 12.6 Å². The Labute approximate surface area is 213 Å². The lowest BCUT2D eigenvalue weighted by Gasteiger charge is -2.35. The normalized spacial score (nSPS) is 15.1. The third-order valence-electron chi connectivity index (χ3n) is 6.01. The number of hydrogen-bond acceptors (Lipinski definition) is 6. The summed E-state index contributed by atoms with van der Waals surface area (Å²) in [5.41, 5.74) is 3.78. The van der Waals surface area contributed by atoms with Gasteiger partial charge < -0.3 is 14.4 Å². The molecule has 0 N–H and O–H groups in total. The summed E-state index contributed by atoms with van der Waals surface area (Å²) in [6.07, 6.45) is 0. The van der Waals surface area contributed by atoms with Gasteiger partial charge in [0.05, 0.1) is 6.61 Å². The molecular weight excluding hydrogens is 473 g/mol. The maximum Gasteiger partial charge on any atom is 0.332 e. The number of halogens is 2. The minimum absolute atomic E-state index is 0.000662. The topological polar surface area (TPSA) is 45.2 Å². The van der Waals surface area contributed by atoms with Crippen molar-refractivity contribution in [3.63, 3.8) is 0 Å². The Morgan fingerprint density at radius 2 is 1.68 bits per heavy atom. The lowest BCUT2D eigenvalue weighted by Crippen LogP contribution is -2.46. The second kappa shape index (κ2) is 14.7. The average molecular weight is 508 g/mol. The monoisotopic (exact) mass is 507 g/mol. The van der Waals surface area contributed by atoms with E-state index < -0.39 is 0 Å². The van der Waals surface area contributed by atoms with Crippen molar-refractivity contribution in [2.24, 2.45) is 0 Å². The maximum atomic E-state index is 11.8. The highest BCUT2D eigenvalue weighted by Gasteiger charge is 2.18. The summed E-state index contributed by atoms with van der Waals surface area (Å²) in [5, 5.41) is 0.754. The molecule has 1 fully saturated rings. The van der Waals surface area contributed by atoms with E-state index in [0.29, 0.717) is 25.6 Å². The van der Waals surface area contributed by atoms with Gasteiger partial charge in [0.25, 0.3) is 0 Å². The molecule has 186 valence electrons. The fourth-order valence-electron chi connectivity index (χ4n) is 3.94. The van der Waals surface area contributed by atoms with Crippen LogP contribution in [0.3, 0.4) is 0 Å². The van der Waals surface area contributed by atoms with E-state index in [1.807, 2.05) is 24.1 Å². The average Bonchev–Trinajstić information content (AvgIpc) is 2.84. The zero-order valence-electron chi connectivity index (χ0n) is 19.9. The number of likely N-dealkylation sites (N-methyl/N-ethyl adjacent to an activating group) is 1. The van der Waals surface area contributed by atoms with Crippen LogP contribution < -0.4 is 0 Å². The minimum Gasteiger partial charge on any atom is -0.463 e. The molecule has 0 atom stereocenters. The Morgan fingerprint density at radius 3 is 2.41 bits per heavy atom. The first kappa shape index (κ1) is 26.9. The Balaban J connectivity index is 1.33. The summed E-state index contributed by atoms with van der Waals surface area (Å²) in [4.78, 5) is 18.7. The van der Waals surface area contributed by atoms with Crippen LogP contribution in [0, 0.1) is 0 Å². The number of hydrogen-bond donors (Lipinski definition) is 0. The Bertz CT molecular complexity index is 874. The summed E-state index contributed by atoms with van der Waals surface area (Å²) in [5.74, 6) is 0.252. The molecule has 1 heterocycles. The van der Waals surface area contributed by atoms with Gasteiger partial charge in [0.1, 0.15) is 13.2 Å². The molecule has 0 aromatic heterocycles. The molecule has 0 amide bonds. The lowest BCUT2D eigenvalue weighted by atomic mass is 9.99. The van der Waals surface area contributed by atoms with Crippen LogP contribution in [0.1, 0.15) is 5.56 Å². The number of rotatable bonds is 13. The molecule has 0 unspecified atom stereocenters. The van der Waals surface area contributed by atoms with E-state index in [1.165, 1.54) is 16.7 Å². The highest BCUT2D eigenvalue weighted by molar-refractivity contribution is 6.30. The largest absolute Gasteiger partial charge is 0.463 e. The number of nitrogens with zero attached hydrogens (tertiary/aromatic N) is 3. The zero-order valence-corrected chi connectivity index (χ0v) is 21.4. The first-order chi connectivity index (χ1) is 16.5. The molecule has 6 nitrogen and oxygen atoms in total. The van der Waals surface area contributed by atoms with Gasteiger partial charge in [-0.1, -0.05) is 48.0 Å². The van der Waals surface area contributed by atoms with Crippen LogP contribution in [-0.4, -0.2) is 99.2 Å². The molecule has 2 aromatic rings. The van der Waals surface area contributed by atoms with Gasteiger partial charge in [0.15, 0.2) is 0 Å². The summed E-state index contributed by atoms with van der Waals surface area (Å²) < 4.78 is 10.7. The molecule has 1 saturated heterocycles. The second-order valence-corrected chi connectivity index (χ2v) is 9.36. The van der Waals surface area contributed by atoms with Gasteiger partial charge in [-0.05, 0) is 35.9 Å². The standard InChI is InChI=1S/C26H35Cl2N3O3/c1-29(11-10-27)16-19-34-26(32)21-33-18-17-30-12-14-31(15-13-30)20-23-4-2-3-5-25(23)22-6-8-24(28)9-7-22/h2-9H,10-21H2,1H3. The van der Waals surface area contributed by atoms with Crippen molar-refractivity contribution in [2.45, 2.75) is 6.54 Å². The van der Waals surface area contributed by atoms with E-state index in [9.17, 15) is 4.79 Å². The van der Waals surface area contributed by atoms with E-state index in [2.05, 4.69) is 46.2 Å². The van der Waals surface area contributed by atoms with Crippen LogP contribution in [0.25, 0.3) is 11.1 Å². The fourth-order valence-corrected chi connectivity index (χ4v) is 4.36. The predicted octanol–water partition coefficient (Wildman–Crippen LogP) is 3.86. The lowest BCUT2D eigenvalue weighted by molar-refractivity contribution is -0.149. The van der Waals surface area contributed by atoms with Gasteiger partial charge in [0.2, 0.25) is 0 Å². The number of piperazine rings is 1. The Hall–Kier alpha value is -1.67. The van der Waals surface area contributed by atoms with Crippen LogP contribution in [0.4, 0.5) is 0 Å². The summed E-state index contributed by atoms with van der Waals surface area (Å²) >= 11 is 11.7. The minimum atomic E-state index is -0.316. The fraction of sp³-hybridized carbons (Fsp3) is 0.500. The van der Waals surface area contributed by atoms with Crippen molar-refractivity contribution in [2.75, 3.05) is 78.6 Å². The quantitative estimate of drug-likeness (QED) is 0.233. The van der Waals surface area contributed by atoms with Crippen molar-refractivity contribution in [1.29, 1.82) is 0 Å². The molecule has 1 aliphatic rings. The molecule has 2 aromatic carbocycles. The number of esters is 1. The van der Waals surface area contributed by atoms with Crippen molar-refractivity contribution in [3.05, 3.63) is 59.1 Å². The van der Waals surface area contributed by atoms with Crippen LogP contribution in [0.15, 0.2) is 48.5 Å². The number of carbonyl (C=O) groups is 1. The second-order valence-electron chi connectivity index (χ2n) is 8.55. The molecular formula is C26H35Cl2N3O3. The predicted molar refractivity (Wildman–Crippen MR) is 139 cm³/mol. The van der Waals surface area contributed by atoms with E-state index in [4.69, 9.17) is 32.7 Å². The van der Waals surface area contributed by atoms with Crippen molar-refractivity contribution in [1.82, 2.24) is 14.7 Å². The highest BCUT2D eigenvalue weighted by Crippen LogP contribution is 2.26. The summed E-state index contributed by atoms with van der Waals surface area (Å²) in [6.45, 7) is 8.08. The van der Waals surface area contributed by atoms with Crippen molar-refractivity contribution < 1.29 is 14.3 Å². The number of alkyl halides is 1. The molecule has 0 aliphatic carbocycles. The third kappa shape index (κ3) is 9.17. The van der Waals surface area contributed by atoms with Crippen LogP contribution >= 0.6 is 23.2 Å². The molecule has 0 bridgehead atoms. The molecule has 0 saturated carbocycles. The smallest absolute Gasteiger partial charge is 0.332 e. The van der Waals surface area contributed by atoms with Crippen molar-refractivity contribution >= 4 is 29.2 Å². The van der Waals surface area contributed by atoms with E-state index in [1.54, 1.807) is 0 Å². The molecule has 1 aliphatic heterocycles. The summed E-state index contributed by atoms with van der Waals surface area (Å²) in [7, 11) is 1.95. The SMILES string of the molecule is CN(CCCl)CCOC(=O)COCCN1CCN(Cc2ccccc2-c2ccc(Cl)cc2)CC1. The van der Waals surface area contributed by atoms with Gasteiger partial charge in [-0.2, -0.15) is 0 Å². The molecule has 8 heteroatoms. The van der Waals surface area contributed by atoms with Gasteiger partial charge in [0, 0.05) is 63.3 Å². The van der Waals surface area contributed by atoms with Crippen LogP contribution in [0.5, 0.6) is 0 Å². The number of benzene rings is 2. The first-order valence-corrected chi connectivity index (χ1v) is 12.7. The first-order valence-electron chi connectivity index (χ1n) is 11.8. The highest BCUT2D eigenvalue weighted by atomic mass is 35.5. The summed E-state index contributed by atoms with van der Waals surface area (Å²) in [6, 6.07) is 16.6. The van der Waals surface area contributed by atoms with Gasteiger partial charge in [-0.25, -0.2) is 4.79 Å². The Morgan fingerprint density at radius 1 is 0.971 bits per heavy atom. The molecule has 3 rings (SSSR count). The number of carbonyl (C=O) groups excluding carboxylic acids is 1. The maximum absolute atomic E-state index is 11.8. The van der Waals surface area contributed by atoms with Gasteiger partial charge in [-0.3, -0.25) is 9.80 Å². The van der Waals surface area contributed by atoms with Crippen LogP contribution in [-0.2, 0) is 20.8 Å². The zero-order chi connectivity index (χ0) is 24.2. The molecule has 34 heavy (non-hydrogen) atoms. The van der Waals surface area contributed by atoms with Gasteiger partial charge in [-0.15, -0.1) is 11.6 Å². The molecule has 0 radical (unpaired) electrons. The third-order valence-corrected chi connectivity index (χ3v) is 6.43. The van der Waals surface area contributed by atoms with E-state index >= 15 is 0 Å².